The first-order chi connectivity index (χ1) is 14.1. The molecule has 4 rings (SSSR count). The minimum atomic E-state index is -0.455. The summed E-state index contributed by atoms with van der Waals surface area (Å²) in [5.74, 6) is 0.862. The van der Waals surface area contributed by atoms with Gasteiger partial charge in [0, 0.05) is 19.2 Å². The zero-order chi connectivity index (χ0) is 20.2. The van der Waals surface area contributed by atoms with Gasteiger partial charge in [-0.05, 0) is 29.2 Å². The number of hydrogen-bond donors (Lipinski definition) is 1. The van der Waals surface area contributed by atoms with Gasteiger partial charge in [-0.1, -0.05) is 48.5 Å². The van der Waals surface area contributed by atoms with Crippen molar-refractivity contribution in [2.45, 2.75) is 25.5 Å². The largest absolute Gasteiger partial charge is 0.488 e. The molecular weight excluding hydrogens is 368 g/mol. The third-order valence-electron chi connectivity index (χ3n) is 5.27. The van der Waals surface area contributed by atoms with Gasteiger partial charge in [0.1, 0.15) is 19.0 Å². The Morgan fingerprint density at radius 3 is 2.69 bits per heavy atom. The van der Waals surface area contributed by atoms with Gasteiger partial charge in [-0.3, -0.25) is 4.79 Å². The lowest BCUT2D eigenvalue weighted by Gasteiger charge is -2.18. The Hall–Kier alpha value is -3.28. The highest BCUT2D eigenvalue weighted by Crippen LogP contribution is 2.36. The van der Waals surface area contributed by atoms with Crippen LogP contribution in [0, 0.1) is 0 Å². The molecule has 0 saturated carbocycles. The normalized spacial score (nSPS) is 18.7. The maximum atomic E-state index is 12.4. The highest BCUT2D eigenvalue weighted by atomic mass is 16.6. The molecule has 1 saturated heterocycles. The van der Waals surface area contributed by atoms with E-state index in [1.165, 1.54) is 0 Å². The highest BCUT2D eigenvalue weighted by Gasteiger charge is 2.25. The quantitative estimate of drug-likeness (QED) is 0.847. The van der Waals surface area contributed by atoms with Crippen molar-refractivity contribution < 1.29 is 19.1 Å². The molecule has 0 radical (unpaired) electrons. The first-order valence-electron chi connectivity index (χ1n) is 9.79. The van der Waals surface area contributed by atoms with Crippen molar-refractivity contribution >= 4 is 17.6 Å². The predicted octanol–water partition coefficient (Wildman–Crippen LogP) is 3.36. The van der Waals surface area contributed by atoms with E-state index in [2.05, 4.69) is 29.6 Å². The molecule has 0 spiro atoms. The topological polar surface area (TPSA) is 67.9 Å². The van der Waals surface area contributed by atoms with Crippen molar-refractivity contribution in [2.24, 2.45) is 0 Å². The second-order valence-corrected chi connectivity index (χ2v) is 7.31. The lowest BCUT2D eigenvalue weighted by Crippen LogP contribution is -2.35. The number of rotatable bonds is 5. The van der Waals surface area contributed by atoms with E-state index in [1.54, 1.807) is 11.9 Å². The maximum Gasteiger partial charge on any atom is 0.407 e. The zero-order valence-electron chi connectivity index (χ0n) is 16.4. The molecule has 150 valence electrons. The summed E-state index contributed by atoms with van der Waals surface area (Å²) in [7, 11) is 1.79. The van der Waals surface area contributed by atoms with Crippen LogP contribution in [0.4, 0.5) is 4.79 Å². The molecule has 6 heteroatoms. The lowest BCUT2D eigenvalue weighted by molar-refractivity contribution is -0.130. The number of cyclic esters (lactones) is 1. The molecule has 0 aliphatic carbocycles. The lowest BCUT2D eigenvalue weighted by atomic mass is 9.93. The number of ether oxygens (including phenoxy) is 2. The zero-order valence-corrected chi connectivity index (χ0v) is 16.4. The molecule has 2 aromatic carbocycles. The standard InChI is InChI=1S/C23H24N2O4/c1-25(22(26)13-17-15-29-23(27)24-17)12-6-10-19-18-8-3-2-7-16(18)14-28-21-11-5-4-9-20(19)21/h2-5,7-11,17H,6,12-15H2,1H3,(H,24,27)/b19-10-/t17-/m0/s1. The number of para-hydroxylation sites is 1. The summed E-state index contributed by atoms with van der Waals surface area (Å²) in [5, 5.41) is 2.64. The van der Waals surface area contributed by atoms with Crippen LogP contribution in [0.15, 0.2) is 54.6 Å². The molecule has 2 amide bonds. The number of carbonyl (C=O) groups is 2. The fourth-order valence-corrected chi connectivity index (χ4v) is 3.67. The Labute approximate surface area is 170 Å². The molecule has 1 N–H and O–H groups in total. The fraction of sp³-hybridized carbons (Fsp3) is 0.304. The summed E-state index contributed by atoms with van der Waals surface area (Å²) in [6.45, 7) is 1.38. The van der Waals surface area contributed by atoms with Crippen molar-refractivity contribution in [1.82, 2.24) is 10.2 Å². The van der Waals surface area contributed by atoms with E-state index in [0.29, 0.717) is 19.6 Å². The van der Waals surface area contributed by atoms with Crippen LogP contribution in [0.1, 0.15) is 29.5 Å². The van der Waals surface area contributed by atoms with E-state index in [-0.39, 0.29) is 25.0 Å². The molecule has 1 fully saturated rings. The van der Waals surface area contributed by atoms with Crippen molar-refractivity contribution in [3.63, 3.8) is 0 Å². The Balaban J connectivity index is 1.48. The summed E-state index contributed by atoms with van der Waals surface area (Å²) in [6, 6.07) is 16.1. The minimum Gasteiger partial charge on any atom is -0.488 e. The third-order valence-corrected chi connectivity index (χ3v) is 5.27. The monoisotopic (exact) mass is 392 g/mol. The average Bonchev–Trinajstić information content (AvgIpc) is 3.07. The van der Waals surface area contributed by atoms with Crippen LogP contribution in [0.2, 0.25) is 0 Å². The molecule has 2 aromatic rings. The van der Waals surface area contributed by atoms with Crippen molar-refractivity contribution in [3.05, 3.63) is 71.3 Å². The number of carbonyl (C=O) groups excluding carboxylic acids is 2. The van der Waals surface area contributed by atoms with Crippen LogP contribution in [0.3, 0.4) is 0 Å². The number of amides is 2. The van der Waals surface area contributed by atoms with Crippen LogP contribution in [0.5, 0.6) is 5.75 Å². The van der Waals surface area contributed by atoms with E-state index in [0.717, 1.165) is 28.0 Å². The Kier molecular flexibility index (Phi) is 5.51. The molecule has 2 aliphatic heterocycles. The molecule has 2 aliphatic rings. The van der Waals surface area contributed by atoms with Crippen LogP contribution >= 0.6 is 0 Å². The molecule has 0 aromatic heterocycles. The van der Waals surface area contributed by atoms with Crippen LogP contribution in [-0.4, -0.2) is 43.1 Å². The number of benzene rings is 2. The van der Waals surface area contributed by atoms with Crippen LogP contribution in [0.25, 0.3) is 5.57 Å². The van der Waals surface area contributed by atoms with E-state index in [1.807, 2.05) is 30.3 Å². The number of fused-ring (bicyclic) bond motifs is 2. The first-order valence-corrected chi connectivity index (χ1v) is 9.79. The van der Waals surface area contributed by atoms with Gasteiger partial charge in [0.25, 0.3) is 0 Å². The van der Waals surface area contributed by atoms with Crippen molar-refractivity contribution in [3.8, 4) is 5.75 Å². The van der Waals surface area contributed by atoms with E-state index >= 15 is 0 Å². The van der Waals surface area contributed by atoms with Crippen molar-refractivity contribution in [1.29, 1.82) is 0 Å². The summed E-state index contributed by atoms with van der Waals surface area (Å²) < 4.78 is 10.8. The van der Waals surface area contributed by atoms with Gasteiger partial charge >= 0.3 is 6.09 Å². The Morgan fingerprint density at radius 1 is 1.14 bits per heavy atom. The Bertz CT molecular complexity index is 904. The highest BCUT2D eigenvalue weighted by molar-refractivity contribution is 5.85. The van der Waals surface area contributed by atoms with Crippen LogP contribution < -0.4 is 10.1 Å². The van der Waals surface area contributed by atoms with Gasteiger partial charge in [-0.2, -0.15) is 0 Å². The van der Waals surface area contributed by atoms with Crippen LogP contribution in [-0.2, 0) is 16.1 Å². The number of nitrogens with zero attached hydrogens (tertiary/aromatic N) is 1. The summed E-state index contributed by atoms with van der Waals surface area (Å²) in [4.78, 5) is 25.2. The second kappa shape index (κ2) is 8.39. The molecule has 29 heavy (non-hydrogen) atoms. The molecule has 2 heterocycles. The fourth-order valence-electron chi connectivity index (χ4n) is 3.67. The summed E-state index contributed by atoms with van der Waals surface area (Å²) in [6.07, 6.45) is 2.69. The number of hydrogen-bond acceptors (Lipinski definition) is 4. The smallest absolute Gasteiger partial charge is 0.407 e. The van der Waals surface area contributed by atoms with E-state index < -0.39 is 6.09 Å². The number of nitrogens with one attached hydrogen (secondary N) is 1. The van der Waals surface area contributed by atoms with Gasteiger partial charge < -0.3 is 19.7 Å². The van der Waals surface area contributed by atoms with Gasteiger partial charge in [-0.25, -0.2) is 4.79 Å². The summed E-state index contributed by atoms with van der Waals surface area (Å²) >= 11 is 0. The van der Waals surface area contributed by atoms with Gasteiger partial charge in [0.2, 0.25) is 5.91 Å². The maximum absolute atomic E-state index is 12.4. The molecule has 6 nitrogen and oxygen atoms in total. The minimum absolute atomic E-state index is 0.01000. The third kappa shape index (κ3) is 4.26. The predicted molar refractivity (Wildman–Crippen MR) is 109 cm³/mol. The molecular formula is C23H24N2O4. The van der Waals surface area contributed by atoms with Gasteiger partial charge in [-0.15, -0.1) is 0 Å². The first kappa shape index (κ1) is 19.1. The van der Waals surface area contributed by atoms with Crippen molar-refractivity contribution in [2.75, 3.05) is 20.2 Å². The second-order valence-electron chi connectivity index (χ2n) is 7.31. The van der Waals surface area contributed by atoms with Gasteiger partial charge in [0.15, 0.2) is 0 Å². The average molecular weight is 392 g/mol. The summed E-state index contributed by atoms with van der Waals surface area (Å²) in [5.41, 5.74) is 4.51. The Morgan fingerprint density at radius 2 is 1.90 bits per heavy atom. The number of alkyl carbamates (subject to hydrolysis) is 1. The molecule has 0 bridgehead atoms. The molecule has 1 atom stereocenters. The van der Waals surface area contributed by atoms with E-state index in [9.17, 15) is 9.59 Å². The van der Waals surface area contributed by atoms with Gasteiger partial charge in [0.05, 0.1) is 12.5 Å². The molecule has 0 unspecified atom stereocenters. The van der Waals surface area contributed by atoms with E-state index in [4.69, 9.17) is 9.47 Å². The SMILES string of the molecule is CN(CC/C=C1/c2ccccc2COc2ccccc21)C(=O)C[C@H]1COC(=O)N1.